The molecule has 1 aromatic carbocycles. The largest absolute Gasteiger partial charge is 0.396 e. The van der Waals surface area contributed by atoms with Crippen LogP contribution >= 0.6 is 11.6 Å². The molecule has 0 aromatic heterocycles. The lowest BCUT2D eigenvalue weighted by molar-refractivity contribution is 0.280. The average Bonchev–Trinajstić information content (AvgIpc) is 2.30. The molecule has 0 aliphatic rings. The highest BCUT2D eigenvalue weighted by atomic mass is 35.5. The third-order valence-electron chi connectivity index (χ3n) is 2.70. The second-order valence-corrected chi connectivity index (χ2v) is 4.73. The van der Waals surface area contributed by atoms with E-state index in [1.54, 1.807) is 6.07 Å². The van der Waals surface area contributed by atoms with E-state index in [1.165, 1.54) is 0 Å². The van der Waals surface area contributed by atoms with Gasteiger partial charge in [0.05, 0.1) is 6.61 Å². The van der Waals surface area contributed by atoms with Crippen molar-refractivity contribution in [1.29, 1.82) is 0 Å². The quantitative estimate of drug-likeness (QED) is 0.823. The summed E-state index contributed by atoms with van der Waals surface area (Å²) in [5.74, 6) is 0. The van der Waals surface area contributed by atoms with Gasteiger partial charge in [0.25, 0.3) is 0 Å². The summed E-state index contributed by atoms with van der Waals surface area (Å²) in [6, 6.07) is 5.84. The molecular formula is C13H20ClNO2. The SMILES string of the molecule is CC(C)N(CCCO)c1ccc(Cl)cc1CO. The van der Waals surface area contributed by atoms with Crippen LogP contribution < -0.4 is 4.90 Å². The van der Waals surface area contributed by atoms with Crippen molar-refractivity contribution < 1.29 is 10.2 Å². The number of rotatable bonds is 6. The predicted octanol–water partition coefficient (Wildman–Crippen LogP) is 2.43. The number of nitrogens with zero attached hydrogens (tertiary/aromatic N) is 1. The van der Waals surface area contributed by atoms with Gasteiger partial charge in [-0.1, -0.05) is 11.6 Å². The van der Waals surface area contributed by atoms with Gasteiger partial charge in [0.1, 0.15) is 0 Å². The molecular weight excluding hydrogens is 238 g/mol. The Morgan fingerprint density at radius 2 is 2.00 bits per heavy atom. The number of aliphatic hydroxyl groups excluding tert-OH is 2. The molecule has 0 atom stereocenters. The first-order chi connectivity index (χ1) is 8.10. The standard InChI is InChI=1S/C13H20ClNO2/c1-10(2)15(6-3-7-16)13-5-4-12(14)8-11(13)9-17/h4-5,8,10,16-17H,3,6-7,9H2,1-2H3. The van der Waals surface area contributed by atoms with Gasteiger partial charge >= 0.3 is 0 Å². The van der Waals surface area contributed by atoms with E-state index in [9.17, 15) is 5.11 Å². The highest BCUT2D eigenvalue weighted by molar-refractivity contribution is 6.30. The van der Waals surface area contributed by atoms with E-state index in [1.807, 2.05) is 12.1 Å². The first-order valence-corrected chi connectivity index (χ1v) is 6.24. The molecule has 0 saturated heterocycles. The minimum atomic E-state index is -0.0295. The molecule has 0 radical (unpaired) electrons. The fourth-order valence-electron chi connectivity index (χ4n) is 1.86. The third-order valence-corrected chi connectivity index (χ3v) is 2.94. The van der Waals surface area contributed by atoms with Crippen molar-refractivity contribution >= 4 is 17.3 Å². The van der Waals surface area contributed by atoms with Gasteiger partial charge in [-0.3, -0.25) is 0 Å². The number of aliphatic hydroxyl groups is 2. The number of hydrogen-bond acceptors (Lipinski definition) is 3. The Labute approximate surface area is 108 Å². The summed E-state index contributed by atoms with van der Waals surface area (Å²) in [5, 5.41) is 18.9. The maximum Gasteiger partial charge on any atom is 0.0702 e. The first-order valence-electron chi connectivity index (χ1n) is 5.87. The minimum absolute atomic E-state index is 0.0295. The normalized spacial score (nSPS) is 10.9. The Bertz CT molecular complexity index is 355. The van der Waals surface area contributed by atoms with Crippen LogP contribution in [-0.4, -0.2) is 29.4 Å². The van der Waals surface area contributed by atoms with Gasteiger partial charge in [0.15, 0.2) is 0 Å². The van der Waals surface area contributed by atoms with Crippen molar-refractivity contribution in [1.82, 2.24) is 0 Å². The molecule has 0 aliphatic carbocycles. The zero-order chi connectivity index (χ0) is 12.8. The fourth-order valence-corrected chi connectivity index (χ4v) is 2.05. The van der Waals surface area contributed by atoms with E-state index in [-0.39, 0.29) is 13.2 Å². The summed E-state index contributed by atoms with van der Waals surface area (Å²) in [5.41, 5.74) is 1.81. The van der Waals surface area contributed by atoms with E-state index in [2.05, 4.69) is 18.7 Å². The van der Waals surface area contributed by atoms with E-state index < -0.39 is 0 Å². The zero-order valence-electron chi connectivity index (χ0n) is 10.4. The van der Waals surface area contributed by atoms with Crippen molar-refractivity contribution in [2.45, 2.75) is 32.9 Å². The van der Waals surface area contributed by atoms with Gasteiger partial charge in [-0.25, -0.2) is 0 Å². The summed E-state index contributed by atoms with van der Waals surface area (Å²) in [7, 11) is 0. The molecule has 0 saturated carbocycles. The number of hydrogen-bond donors (Lipinski definition) is 2. The number of benzene rings is 1. The molecule has 0 bridgehead atoms. The number of halogens is 1. The maximum atomic E-state index is 9.36. The van der Waals surface area contributed by atoms with Gasteiger partial charge in [-0.05, 0) is 38.5 Å². The van der Waals surface area contributed by atoms with Crippen LogP contribution in [0.3, 0.4) is 0 Å². The molecule has 0 unspecified atom stereocenters. The molecule has 0 aliphatic heterocycles. The lowest BCUT2D eigenvalue weighted by Gasteiger charge is -2.30. The second kappa shape index (κ2) is 6.84. The Kier molecular flexibility index (Phi) is 5.75. The molecule has 17 heavy (non-hydrogen) atoms. The molecule has 0 heterocycles. The van der Waals surface area contributed by atoms with Gasteiger partial charge < -0.3 is 15.1 Å². The summed E-state index contributed by atoms with van der Waals surface area (Å²) >= 11 is 5.91. The zero-order valence-corrected chi connectivity index (χ0v) is 11.1. The highest BCUT2D eigenvalue weighted by Crippen LogP contribution is 2.26. The van der Waals surface area contributed by atoms with Crippen LogP contribution in [0.5, 0.6) is 0 Å². The molecule has 3 nitrogen and oxygen atoms in total. The molecule has 1 aromatic rings. The lowest BCUT2D eigenvalue weighted by Crippen LogP contribution is -2.33. The maximum absolute atomic E-state index is 9.36. The van der Waals surface area contributed by atoms with Gasteiger partial charge in [0, 0.05) is 35.5 Å². The van der Waals surface area contributed by atoms with Crippen molar-refractivity contribution in [2.75, 3.05) is 18.1 Å². The summed E-state index contributed by atoms with van der Waals surface area (Å²) in [6.45, 7) is 5.09. The monoisotopic (exact) mass is 257 g/mol. The molecule has 0 amide bonds. The molecule has 0 fully saturated rings. The van der Waals surface area contributed by atoms with Crippen LogP contribution in [0.1, 0.15) is 25.8 Å². The Hall–Kier alpha value is -0.770. The smallest absolute Gasteiger partial charge is 0.0702 e. The molecule has 96 valence electrons. The molecule has 0 spiro atoms. The van der Waals surface area contributed by atoms with Gasteiger partial charge in [-0.2, -0.15) is 0 Å². The summed E-state index contributed by atoms with van der Waals surface area (Å²) in [4.78, 5) is 2.16. The van der Waals surface area contributed by atoms with Crippen LogP contribution in [0, 0.1) is 0 Å². The van der Waals surface area contributed by atoms with E-state index in [4.69, 9.17) is 16.7 Å². The van der Waals surface area contributed by atoms with Crippen LogP contribution in [0.4, 0.5) is 5.69 Å². The van der Waals surface area contributed by atoms with E-state index >= 15 is 0 Å². The molecule has 4 heteroatoms. The van der Waals surface area contributed by atoms with Gasteiger partial charge in [-0.15, -0.1) is 0 Å². The highest BCUT2D eigenvalue weighted by Gasteiger charge is 2.14. The van der Waals surface area contributed by atoms with Crippen LogP contribution in [0.2, 0.25) is 5.02 Å². The topological polar surface area (TPSA) is 43.7 Å². The summed E-state index contributed by atoms with van der Waals surface area (Å²) in [6.07, 6.45) is 0.714. The molecule has 2 N–H and O–H groups in total. The van der Waals surface area contributed by atoms with Crippen molar-refractivity contribution in [3.8, 4) is 0 Å². The van der Waals surface area contributed by atoms with Gasteiger partial charge in [0.2, 0.25) is 0 Å². The van der Waals surface area contributed by atoms with Crippen LogP contribution in [0.15, 0.2) is 18.2 Å². The third kappa shape index (κ3) is 3.87. The first kappa shape index (κ1) is 14.3. The van der Waals surface area contributed by atoms with Crippen LogP contribution in [-0.2, 0) is 6.61 Å². The average molecular weight is 258 g/mol. The van der Waals surface area contributed by atoms with E-state index in [0.29, 0.717) is 17.5 Å². The Balaban J connectivity index is 3.00. The lowest BCUT2D eigenvalue weighted by atomic mass is 10.1. The second-order valence-electron chi connectivity index (χ2n) is 4.30. The fraction of sp³-hybridized carbons (Fsp3) is 0.538. The van der Waals surface area contributed by atoms with E-state index in [0.717, 1.165) is 17.8 Å². The molecule has 1 rings (SSSR count). The van der Waals surface area contributed by atoms with Crippen molar-refractivity contribution in [2.24, 2.45) is 0 Å². The Morgan fingerprint density at radius 1 is 1.29 bits per heavy atom. The predicted molar refractivity (Wildman–Crippen MR) is 71.6 cm³/mol. The van der Waals surface area contributed by atoms with Crippen molar-refractivity contribution in [3.05, 3.63) is 28.8 Å². The minimum Gasteiger partial charge on any atom is -0.396 e. The van der Waals surface area contributed by atoms with Crippen molar-refractivity contribution in [3.63, 3.8) is 0 Å². The summed E-state index contributed by atoms with van der Waals surface area (Å²) < 4.78 is 0. The number of anilines is 1. The van der Waals surface area contributed by atoms with Crippen LogP contribution in [0.25, 0.3) is 0 Å². The Morgan fingerprint density at radius 3 is 2.53 bits per heavy atom.